The van der Waals surface area contributed by atoms with Gasteiger partial charge >= 0.3 is 0 Å². The van der Waals surface area contributed by atoms with Crippen LogP contribution < -0.4 is 0 Å². The van der Waals surface area contributed by atoms with Crippen molar-refractivity contribution in [2.24, 2.45) is 0 Å². The van der Waals surface area contributed by atoms with E-state index >= 15 is 0 Å². The Balaban J connectivity index is 2.14. The second kappa shape index (κ2) is 4.84. The minimum Gasteiger partial charge on any atom is -0.354 e. The number of hydrogen-bond donors (Lipinski definition) is 1. The standard InChI is InChI=1S/C13H18FN3/c1-10-9-11(14)3-4-12(10)13(15)17-7-5-16(2)6-8-17/h3-4,9,15H,5-8H2,1-2H3. The maximum absolute atomic E-state index is 13.0. The van der Waals surface area contributed by atoms with E-state index in [-0.39, 0.29) is 5.82 Å². The number of nitrogens with one attached hydrogen (secondary N) is 1. The second-order valence-electron chi connectivity index (χ2n) is 4.60. The fourth-order valence-electron chi connectivity index (χ4n) is 2.09. The molecule has 0 amide bonds. The predicted molar refractivity (Wildman–Crippen MR) is 67.0 cm³/mol. The van der Waals surface area contributed by atoms with Gasteiger partial charge in [-0.05, 0) is 37.7 Å². The summed E-state index contributed by atoms with van der Waals surface area (Å²) in [5.74, 6) is 0.271. The van der Waals surface area contributed by atoms with E-state index in [4.69, 9.17) is 5.41 Å². The van der Waals surface area contributed by atoms with Crippen LogP contribution in [-0.4, -0.2) is 48.9 Å². The van der Waals surface area contributed by atoms with Gasteiger partial charge in [0, 0.05) is 31.7 Å². The maximum Gasteiger partial charge on any atom is 0.128 e. The molecule has 92 valence electrons. The quantitative estimate of drug-likeness (QED) is 0.593. The summed E-state index contributed by atoms with van der Waals surface area (Å²) in [5, 5.41) is 8.19. The Hall–Kier alpha value is -1.42. The Morgan fingerprint density at radius 1 is 1.24 bits per heavy atom. The number of aryl methyl sites for hydroxylation is 1. The molecule has 1 heterocycles. The third kappa shape index (κ3) is 2.64. The first kappa shape index (κ1) is 12.0. The number of rotatable bonds is 1. The molecule has 1 aromatic carbocycles. The number of benzene rings is 1. The van der Waals surface area contributed by atoms with E-state index in [1.54, 1.807) is 6.07 Å². The van der Waals surface area contributed by atoms with Gasteiger partial charge in [0.05, 0.1) is 0 Å². The summed E-state index contributed by atoms with van der Waals surface area (Å²) in [6.07, 6.45) is 0. The lowest BCUT2D eigenvalue weighted by atomic mass is 10.1. The third-order valence-electron chi connectivity index (χ3n) is 3.26. The molecule has 0 unspecified atom stereocenters. The fourth-order valence-corrected chi connectivity index (χ4v) is 2.09. The van der Waals surface area contributed by atoms with Crippen molar-refractivity contribution >= 4 is 5.84 Å². The highest BCUT2D eigenvalue weighted by Crippen LogP contribution is 2.14. The van der Waals surface area contributed by atoms with Crippen molar-refractivity contribution < 1.29 is 4.39 Å². The Morgan fingerprint density at radius 2 is 1.88 bits per heavy atom. The molecule has 0 radical (unpaired) electrons. The van der Waals surface area contributed by atoms with E-state index in [1.165, 1.54) is 12.1 Å². The molecule has 2 rings (SSSR count). The Labute approximate surface area is 101 Å². The summed E-state index contributed by atoms with van der Waals surface area (Å²) in [6, 6.07) is 4.61. The molecular formula is C13H18FN3. The van der Waals surface area contributed by atoms with Crippen LogP contribution in [0.1, 0.15) is 11.1 Å². The van der Waals surface area contributed by atoms with Gasteiger partial charge < -0.3 is 9.80 Å². The van der Waals surface area contributed by atoms with E-state index < -0.39 is 0 Å². The summed E-state index contributed by atoms with van der Waals surface area (Å²) in [4.78, 5) is 4.31. The zero-order chi connectivity index (χ0) is 12.4. The molecule has 1 fully saturated rings. The minimum absolute atomic E-state index is 0.238. The smallest absolute Gasteiger partial charge is 0.128 e. The van der Waals surface area contributed by atoms with Gasteiger partial charge in [-0.15, -0.1) is 0 Å². The van der Waals surface area contributed by atoms with Gasteiger partial charge in [-0.25, -0.2) is 4.39 Å². The molecule has 0 aromatic heterocycles. The molecule has 3 nitrogen and oxygen atoms in total. The molecule has 1 N–H and O–H groups in total. The van der Waals surface area contributed by atoms with Crippen LogP contribution in [-0.2, 0) is 0 Å². The monoisotopic (exact) mass is 235 g/mol. The van der Waals surface area contributed by atoms with Crippen molar-refractivity contribution in [1.29, 1.82) is 5.41 Å². The fraction of sp³-hybridized carbons (Fsp3) is 0.462. The first-order valence-corrected chi connectivity index (χ1v) is 5.86. The van der Waals surface area contributed by atoms with Gasteiger partial charge in [0.2, 0.25) is 0 Å². The van der Waals surface area contributed by atoms with E-state index in [2.05, 4.69) is 16.8 Å². The average molecular weight is 235 g/mol. The Morgan fingerprint density at radius 3 is 2.47 bits per heavy atom. The van der Waals surface area contributed by atoms with Crippen LogP contribution in [0.4, 0.5) is 4.39 Å². The molecule has 1 aliphatic heterocycles. The Bertz CT molecular complexity index is 423. The van der Waals surface area contributed by atoms with Crippen molar-refractivity contribution in [2.75, 3.05) is 33.2 Å². The van der Waals surface area contributed by atoms with Crippen LogP contribution in [0.15, 0.2) is 18.2 Å². The highest BCUT2D eigenvalue weighted by Gasteiger charge is 2.18. The summed E-state index contributed by atoms with van der Waals surface area (Å²) in [5.41, 5.74) is 1.66. The maximum atomic E-state index is 13.0. The molecule has 1 aromatic rings. The van der Waals surface area contributed by atoms with Crippen LogP contribution >= 0.6 is 0 Å². The van der Waals surface area contributed by atoms with Crippen LogP contribution in [0.5, 0.6) is 0 Å². The first-order valence-electron chi connectivity index (χ1n) is 5.86. The second-order valence-corrected chi connectivity index (χ2v) is 4.60. The summed E-state index contributed by atoms with van der Waals surface area (Å²) in [6.45, 7) is 5.53. The van der Waals surface area contributed by atoms with Crippen molar-refractivity contribution in [2.45, 2.75) is 6.92 Å². The van der Waals surface area contributed by atoms with Gasteiger partial charge in [-0.1, -0.05) is 0 Å². The van der Waals surface area contributed by atoms with E-state index in [9.17, 15) is 4.39 Å². The Kier molecular flexibility index (Phi) is 3.43. The van der Waals surface area contributed by atoms with E-state index in [0.29, 0.717) is 5.84 Å². The molecule has 0 aliphatic carbocycles. The summed E-state index contributed by atoms with van der Waals surface area (Å²) >= 11 is 0. The van der Waals surface area contributed by atoms with Crippen molar-refractivity contribution in [1.82, 2.24) is 9.80 Å². The van der Waals surface area contributed by atoms with Crippen LogP contribution in [0.25, 0.3) is 0 Å². The molecule has 0 spiro atoms. The molecule has 1 saturated heterocycles. The number of halogens is 1. The number of piperazine rings is 1. The lowest BCUT2D eigenvalue weighted by Crippen LogP contribution is -2.47. The number of nitrogens with zero attached hydrogens (tertiary/aromatic N) is 2. The molecule has 0 atom stereocenters. The topological polar surface area (TPSA) is 30.3 Å². The molecule has 0 saturated carbocycles. The minimum atomic E-state index is -0.238. The van der Waals surface area contributed by atoms with Crippen LogP contribution in [0, 0.1) is 18.2 Å². The molecular weight excluding hydrogens is 217 g/mol. The summed E-state index contributed by atoms with van der Waals surface area (Å²) in [7, 11) is 2.09. The summed E-state index contributed by atoms with van der Waals surface area (Å²) < 4.78 is 13.0. The highest BCUT2D eigenvalue weighted by atomic mass is 19.1. The van der Waals surface area contributed by atoms with Gasteiger partial charge in [0.1, 0.15) is 11.7 Å². The lowest BCUT2D eigenvalue weighted by Gasteiger charge is -2.34. The third-order valence-corrected chi connectivity index (χ3v) is 3.26. The number of amidine groups is 1. The van der Waals surface area contributed by atoms with Crippen molar-refractivity contribution in [3.63, 3.8) is 0 Å². The SMILES string of the molecule is Cc1cc(F)ccc1C(=N)N1CCN(C)CC1. The van der Waals surface area contributed by atoms with Gasteiger partial charge in [-0.2, -0.15) is 0 Å². The van der Waals surface area contributed by atoms with E-state index in [1.807, 2.05) is 6.92 Å². The van der Waals surface area contributed by atoms with Gasteiger partial charge in [0.25, 0.3) is 0 Å². The zero-order valence-corrected chi connectivity index (χ0v) is 10.3. The van der Waals surface area contributed by atoms with Crippen molar-refractivity contribution in [3.8, 4) is 0 Å². The van der Waals surface area contributed by atoms with Crippen molar-refractivity contribution in [3.05, 3.63) is 35.1 Å². The molecule has 1 aliphatic rings. The predicted octanol–water partition coefficient (Wildman–Crippen LogP) is 1.71. The van der Waals surface area contributed by atoms with E-state index in [0.717, 1.165) is 37.3 Å². The van der Waals surface area contributed by atoms with Gasteiger partial charge in [-0.3, -0.25) is 5.41 Å². The zero-order valence-electron chi connectivity index (χ0n) is 10.3. The van der Waals surface area contributed by atoms with Gasteiger partial charge in [0.15, 0.2) is 0 Å². The highest BCUT2D eigenvalue weighted by molar-refractivity contribution is 5.97. The largest absolute Gasteiger partial charge is 0.354 e. The lowest BCUT2D eigenvalue weighted by molar-refractivity contribution is 0.215. The molecule has 4 heteroatoms. The molecule has 0 bridgehead atoms. The van der Waals surface area contributed by atoms with Crippen LogP contribution in [0.2, 0.25) is 0 Å². The number of likely N-dealkylation sites (N-methyl/N-ethyl adjacent to an activating group) is 1. The molecule has 17 heavy (non-hydrogen) atoms. The normalized spacial score (nSPS) is 17.2. The average Bonchev–Trinajstić information content (AvgIpc) is 2.29. The van der Waals surface area contributed by atoms with Crippen LogP contribution in [0.3, 0.4) is 0 Å². The first-order chi connectivity index (χ1) is 8.08. The number of hydrogen-bond acceptors (Lipinski definition) is 2.